The Morgan fingerprint density at radius 2 is 2.14 bits per heavy atom. The Labute approximate surface area is 133 Å². The molecule has 1 saturated heterocycles. The molecule has 1 aromatic carbocycles. The van der Waals surface area contributed by atoms with Crippen LogP contribution in [0.3, 0.4) is 0 Å². The molecule has 2 rings (SSSR count). The van der Waals surface area contributed by atoms with Gasteiger partial charge in [-0.3, -0.25) is 4.79 Å². The number of hydrogen-bond acceptors (Lipinski definition) is 3. The summed E-state index contributed by atoms with van der Waals surface area (Å²) in [5.41, 5.74) is 0.202. The van der Waals surface area contributed by atoms with Gasteiger partial charge in [0.1, 0.15) is 5.75 Å². The van der Waals surface area contributed by atoms with Gasteiger partial charge in [-0.05, 0) is 38.1 Å². The number of carbonyl (C=O) groups is 1. The van der Waals surface area contributed by atoms with E-state index in [0.29, 0.717) is 13.1 Å². The maximum atomic E-state index is 12.3. The second-order valence-electron chi connectivity index (χ2n) is 4.95. The number of carbonyl (C=O) groups excluding carboxylic acids is 1. The Morgan fingerprint density at radius 3 is 2.77 bits per heavy atom. The standard InChI is InChI=1S/C14H17F3N2O2.ClH/c1-18-11-5-3-7-19(9-11)13(20)10-4-2-6-12(8-10)21-14(15,16)17;/h2,4,6,8,11,18H,3,5,7,9H2,1H3;1H/t11-;/m0./s1. The van der Waals surface area contributed by atoms with Gasteiger partial charge in [0, 0.05) is 24.7 Å². The minimum absolute atomic E-state index is 0. The second-order valence-corrected chi connectivity index (χ2v) is 4.95. The predicted octanol–water partition coefficient (Wildman–Crippen LogP) is 2.83. The maximum absolute atomic E-state index is 12.3. The van der Waals surface area contributed by atoms with Gasteiger partial charge in [0.15, 0.2) is 0 Å². The van der Waals surface area contributed by atoms with Gasteiger partial charge in [-0.25, -0.2) is 0 Å². The van der Waals surface area contributed by atoms with Gasteiger partial charge in [-0.2, -0.15) is 0 Å². The summed E-state index contributed by atoms with van der Waals surface area (Å²) in [5, 5.41) is 3.12. The van der Waals surface area contributed by atoms with Crippen molar-refractivity contribution in [2.75, 3.05) is 20.1 Å². The summed E-state index contributed by atoms with van der Waals surface area (Å²) in [6.07, 6.45) is -2.91. The zero-order valence-corrected chi connectivity index (χ0v) is 12.8. The van der Waals surface area contributed by atoms with E-state index in [2.05, 4.69) is 10.1 Å². The number of benzene rings is 1. The van der Waals surface area contributed by atoms with Gasteiger partial charge in [0.05, 0.1) is 0 Å². The first kappa shape index (κ1) is 18.6. The summed E-state index contributed by atoms with van der Waals surface area (Å²) in [7, 11) is 1.83. The quantitative estimate of drug-likeness (QED) is 0.921. The lowest BCUT2D eigenvalue weighted by molar-refractivity contribution is -0.274. The molecule has 0 bridgehead atoms. The summed E-state index contributed by atoms with van der Waals surface area (Å²) in [6, 6.07) is 5.40. The third-order valence-electron chi connectivity index (χ3n) is 3.43. The zero-order valence-electron chi connectivity index (χ0n) is 12.0. The van der Waals surface area contributed by atoms with E-state index >= 15 is 0 Å². The predicted molar refractivity (Wildman–Crippen MR) is 78.4 cm³/mol. The summed E-state index contributed by atoms with van der Waals surface area (Å²) >= 11 is 0. The van der Waals surface area contributed by atoms with Crippen molar-refractivity contribution < 1.29 is 22.7 Å². The van der Waals surface area contributed by atoms with Crippen molar-refractivity contribution in [3.8, 4) is 5.75 Å². The average molecular weight is 339 g/mol. The van der Waals surface area contributed by atoms with Crippen molar-refractivity contribution >= 4 is 18.3 Å². The van der Waals surface area contributed by atoms with Crippen LogP contribution in [0.25, 0.3) is 0 Å². The van der Waals surface area contributed by atoms with Crippen molar-refractivity contribution in [3.63, 3.8) is 0 Å². The lowest BCUT2D eigenvalue weighted by Gasteiger charge is -2.32. The third kappa shape index (κ3) is 5.06. The number of piperidine rings is 1. The molecule has 0 spiro atoms. The average Bonchev–Trinajstić information content (AvgIpc) is 2.45. The molecule has 1 aliphatic rings. The van der Waals surface area contributed by atoms with Crippen LogP contribution in [0, 0.1) is 0 Å². The molecule has 0 saturated carbocycles. The number of rotatable bonds is 3. The molecule has 1 fully saturated rings. The molecule has 1 amide bonds. The number of hydrogen-bond donors (Lipinski definition) is 1. The molecule has 22 heavy (non-hydrogen) atoms. The number of ether oxygens (including phenoxy) is 1. The highest BCUT2D eigenvalue weighted by atomic mass is 35.5. The lowest BCUT2D eigenvalue weighted by atomic mass is 10.0. The Balaban J connectivity index is 0.00000242. The number of alkyl halides is 3. The number of halogens is 4. The molecule has 0 aliphatic carbocycles. The fourth-order valence-corrected chi connectivity index (χ4v) is 2.41. The largest absolute Gasteiger partial charge is 0.573 e. The first-order valence-corrected chi connectivity index (χ1v) is 6.71. The maximum Gasteiger partial charge on any atom is 0.573 e. The van der Waals surface area contributed by atoms with Crippen LogP contribution in [0.1, 0.15) is 23.2 Å². The highest BCUT2D eigenvalue weighted by Crippen LogP contribution is 2.24. The van der Waals surface area contributed by atoms with Crippen molar-refractivity contribution in [2.45, 2.75) is 25.2 Å². The van der Waals surface area contributed by atoms with Crippen LogP contribution in [0.4, 0.5) is 13.2 Å². The Kier molecular flexibility index (Phi) is 6.49. The minimum atomic E-state index is -4.76. The SMILES string of the molecule is CN[C@H]1CCCN(C(=O)c2cccc(OC(F)(F)F)c2)C1.Cl. The fourth-order valence-electron chi connectivity index (χ4n) is 2.41. The molecule has 1 N–H and O–H groups in total. The molecule has 1 heterocycles. The molecule has 0 radical (unpaired) electrons. The van der Waals surface area contributed by atoms with Crippen molar-refractivity contribution in [1.29, 1.82) is 0 Å². The van der Waals surface area contributed by atoms with E-state index in [9.17, 15) is 18.0 Å². The van der Waals surface area contributed by atoms with Gasteiger partial charge in [0.25, 0.3) is 5.91 Å². The van der Waals surface area contributed by atoms with Crippen LogP contribution < -0.4 is 10.1 Å². The van der Waals surface area contributed by atoms with Gasteiger partial charge in [-0.1, -0.05) is 6.07 Å². The number of amides is 1. The molecule has 0 aromatic heterocycles. The van der Waals surface area contributed by atoms with Crippen molar-refractivity contribution in [3.05, 3.63) is 29.8 Å². The van der Waals surface area contributed by atoms with Crippen LogP contribution in [-0.2, 0) is 0 Å². The molecular formula is C14H18ClF3N2O2. The summed E-state index contributed by atoms with van der Waals surface area (Å²) < 4.78 is 40.4. The highest BCUT2D eigenvalue weighted by Gasteiger charge is 2.31. The van der Waals surface area contributed by atoms with E-state index in [1.165, 1.54) is 18.2 Å². The number of nitrogens with zero attached hydrogens (tertiary/aromatic N) is 1. The smallest absolute Gasteiger partial charge is 0.406 e. The van der Waals surface area contributed by atoms with Crippen molar-refractivity contribution in [2.24, 2.45) is 0 Å². The first-order chi connectivity index (χ1) is 9.89. The molecule has 1 aliphatic heterocycles. The molecule has 0 unspecified atom stereocenters. The van der Waals surface area contributed by atoms with E-state index in [1.807, 2.05) is 7.05 Å². The summed E-state index contributed by atoms with van der Waals surface area (Å²) in [4.78, 5) is 14.0. The molecule has 4 nitrogen and oxygen atoms in total. The van der Waals surface area contributed by atoms with Crippen LogP contribution in [-0.4, -0.2) is 43.3 Å². The van der Waals surface area contributed by atoms with Gasteiger partial charge in [0.2, 0.25) is 0 Å². The van der Waals surface area contributed by atoms with Gasteiger partial charge in [-0.15, -0.1) is 25.6 Å². The van der Waals surface area contributed by atoms with Gasteiger partial charge >= 0.3 is 6.36 Å². The number of likely N-dealkylation sites (N-methyl/N-ethyl adjacent to an activating group) is 1. The first-order valence-electron chi connectivity index (χ1n) is 6.71. The van der Waals surface area contributed by atoms with Crippen LogP contribution in [0.5, 0.6) is 5.75 Å². The lowest BCUT2D eigenvalue weighted by Crippen LogP contribution is -2.46. The van der Waals surface area contributed by atoms with E-state index in [1.54, 1.807) is 4.90 Å². The monoisotopic (exact) mass is 338 g/mol. The Hall–Kier alpha value is -1.47. The summed E-state index contributed by atoms with van der Waals surface area (Å²) in [6.45, 7) is 1.17. The number of likely N-dealkylation sites (tertiary alicyclic amines) is 1. The van der Waals surface area contributed by atoms with Crippen LogP contribution in [0.2, 0.25) is 0 Å². The molecule has 124 valence electrons. The topological polar surface area (TPSA) is 41.6 Å². The second kappa shape index (κ2) is 7.69. The highest BCUT2D eigenvalue weighted by molar-refractivity contribution is 5.94. The normalized spacial score (nSPS) is 18.5. The summed E-state index contributed by atoms with van der Waals surface area (Å²) in [5.74, 6) is -0.655. The molecule has 1 atom stereocenters. The minimum Gasteiger partial charge on any atom is -0.406 e. The van der Waals surface area contributed by atoms with E-state index in [-0.39, 0.29) is 35.7 Å². The molecular weight excluding hydrogens is 321 g/mol. The Bertz CT molecular complexity index is 511. The van der Waals surface area contributed by atoms with E-state index in [4.69, 9.17) is 0 Å². The van der Waals surface area contributed by atoms with Crippen LogP contribution >= 0.6 is 12.4 Å². The zero-order chi connectivity index (χ0) is 15.5. The number of nitrogens with one attached hydrogen (secondary N) is 1. The van der Waals surface area contributed by atoms with Crippen molar-refractivity contribution in [1.82, 2.24) is 10.2 Å². The van der Waals surface area contributed by atoms with E-state index < -0.39 is 6.36 Å². The van der Waals surface area contributed by atoms with Gasteiger partial charge < -0.3 is 15.0 Å². The molecule has 8 heteroatoms. The fraction of sp³-hybridized carbons (Fsp3) is 0.500. The third-order valence-corrected chi connectivity index (χ3v) is 3.43. The Morgan fingerprint density at radius 1 is 1.41 bits per heavy atom. The van der Waals surface area contributed by atoms with E-state index in [0.717, 1.165) is 18.9 Å². The molecule has 1 aromatic rings. The van der Waals surface area contributed by atoms with Crippen LogP contribution in [0.15, 0.2) is 24.3 Å².